The van der Waals surface area contributed by atoms with Gasteiger partial charge in [0.15, 0.2) is 9.84 Å². The van der Waals surface area contributed by atoms with Crippen LogP contribution in [0.3, 0.4) is 0 Å². The molecule has 2 aliphatic rings. The van der Waals surface area contributed by atoms with Gasteiger partial charge in [-0.1, -0.05) is 20.3 Å². The number of hydrogen-bond acceptors (Lipinski definition) is 3. The Bertz CT molecular complexity index is 321. The van der Waals surface area contributed by atoms with Gasteiger partial charge in [-0.05, 0) is 18.3 Å². The number of fused-ring (bicyclic) bond motifs is 1. The van der Waals surface area contributed by atoms with Crippen LogP contribution in [0.2, 0.25) is 0 Å². The van der Waals surface area contributed by atoms with Crippen molar-refractivity contribution >= 4 is 9.84 Å². The molecule has 0 aromatic heterocycles. The molecule has 1 aliphatic carbocycles. The topological polar surface area (TPSA) is 46.2 Å². The molecule has 2 unspecified atom stereocenters. The summed E-state index contributed by atoms with van der Waals surface area (Å²) in [7, 11) is -2.82. The maximum atomic E-state index is 11.9. The van der Waals surface area contributed by atoms with E-state index in [4.69, 9.17) is 0 Å². The zero-order valence-corrected chi connectivity index (χ0v) is 9.73. The van der Waals surface area contributed by atoms with Crippen molar-refractivity contribution in [3.63, 3.8) is 0 Å². The Morgan fingerprint density at radius 3 is 2.71 bits per heavy atom. The molecule has 3 nitrogen and oxygen atoms in total. The first-order valence-corrected chi connectivity index (χ1v) is 7.10. The first-order valence-electron chi connectivity index (χ1n) is 5.38. The van der Waals surface area contributed by atoms with Crippen LogP contribution < -0.4 is 5.32 Å². The third kappa shape index (κ3) is 1.58. The lowest BCUT2D eigenvalue weighted by Crippen LogP contribution is -2.60. The van der Waals surface area contributed by atoms with E-state index >= 15 is 0 Å². The molecule has 1 N–H and O–H groups in total. The molecule has 0 spiro atoms. The molecule has 2 rings (SSSR count). The van der Waals surface area contributed by atoms with Gasteiger partial charge in [0.1, 0.15) is 0 Å². The summed E-state index contributed by atoms with van der Waals surface area (Å²) in [5.74, 6) is 0.324. The largest absolute Gasteiger partial charge is 0.311 e. The van der Waals surface area contributed by atoms with Crippen LogP contribution in [0.25, 0.3) is 0 Å². The summed E-state index contributed by atoms with van der Waals surface area (Å²) in [6, 6.07) is 0.176. The van der Waals surface area contributed by atoms with Crippen molar-refractivity contribution in [3.05, 3.63) is 0 Å². The Labute approximate surface area is 86.2 Å². The maximum absolute atomic E-state index is 11.9. The molecule has 14 heavy (non-hydrogen) atoms. The van der Waals surface area contributed by atoms with E-state index in [2.05, 4.69) is 19.2 Å². The Hall–Kier alpha value is -0.0900. The van der Waals surface area contributed by atoms with Crippen molar-refractivity contribution in [2.75, 3.05) is 12.3 Å². The molecular weight excluding hydrogens is 198 g/mol. The average molecular weight is 217 g/mol. The quantitative estimate of drug-likeness (QED) is 0.657. The van der Waals surface area contributed by atoms with E-state index in [1.165, 1.54) is 0 Å². The summed E-state index contributed by atoms with van der Waals surface area (Å²) in [4.78, 5) is 0. The Balaban J connectivity index is 2.31. The summed E-state index contributed by atoms with van der Waals surface area (Å²) in [6.45, 7) is 4.99. The smallest absolute Gasteiger partial charge is 0.155 e. The summed E-state index contributed by atoms with van der Waals surface area (Å²) >= 11 is 0. The summed E-state index contributed by atoms with van der Waals surface area (Å²) in [5, 5.41) is 3.26. The van der Waals surface area contributed by atoms with Crippen LogP contribution in [0.15, 0.2) is 0 Å². The first-order chi connectivity index (χ1) is 6.43. The Morgan fingerprint density at radius 2 is 2.07 bits per heavy atom. The molecular formula is C10H19NO2S. The molecule has 1 saturated carbocycles. The first kappa shape index (κ1) is 10.4. The molecule has 4 heteroatoms. The van der Waals surface area contributed by atoms with Crippen molar-refractivity contribution < 1.29 is 8.42 Å². The highest BCUT2D eigenvalue weighted by Gasteiger charge is 2.46. The molecule has 1 saturated heterocycles. The van der Waals surface area contributed by atoms with Gasteiger partial charge in [0.2, 0.25) is 0 Å². The zero-order chi connectivity index (χ0) is 10.4. The molecule has 2 fully saturated rings. The fourth-order valence-corrected chi connectivity index (χ4v) is 5.00. The number of rotatable bonds is 0. The van der Waals surface area contributed by atoms with E-state index in [1.807, 2.05) is 0 Å². The average Bonchev–Trinajstić information content (AvgIpc) is 2.05. The predicted octanol–water partition coefficient (Wildman–Crippen LogP) is 0.952. The van der Waals surface area contributed by atoms with Crippen molar-refractivity contribution in [1.82, 2.24) is 5.32 Å². The Morgan fingerprint density at radius 1 is 1.36 bits per heavy atom. The van der Waals surface area contributed by atoms with Gasteiger partial charge in [-0.2, -0.15) is 0 Å². The standard InChI is InChI=1S/C10H19NO2S/c1-10(2)5-3-4-8-9(10)11-6-7-14(8,12)13/h8-9,11H,3-7H2,1-2H3. The lowest BCUT2D eigenvalue weighted by molar-refractivity contribution is 0.167. The molecule has 0 aromatic rings. The van der Waals surface area contributed by atoms with Crippen LogP contribution >= 0.6 is 0 Å². The van der Waals surface area contributed by atoms with E-state index in [0.717, 1.165) is 19.3 Å². The van der Waals surface area contributed by atoms with Crippen LogP contribution in [-0.2, 0) is 9.84 Å². The monoisotopic (exact) mass is 217 g/mol. The van der Waals surface area contributed by atoms with E-state index in [-0.39, 0.29) is 16.7 Å². The van der Waals surface area contributed by atoms with Gasteiger partial charge in [0.25, 0.3) is 0 Å². The number of sulfone groups is 1. The van der Waals surface area contributed by atoms with E-state index in [9.17, 15) is 8.42 Å². The van der Waals surface area contributed by atoms with Crippen LogP contribution in [0, 0.1) is 5.41 Å². The highest BCUT2D eigenvalue weighted by molar-refractivity contribution is 7.92. The molecule has 0 radical (unpaired) electrons. The van der Waals surface area contributed by atoms with Gasteiger partial charge in [-0.3, -0.25) is 0 Å². The fourth-order valence-electron chi connectivity index (χ4n) is 2.89. The predicted molar refractivity (Wildman–Crippen MR) is 57.0 cm³/mol. The second-order valence-electron chi connectivity index (χ2n) is 5.22. The minimum atomic E-state index is -2.82. The molecule has 0 aromatic carbocycles. The Kier molecular flexibility index (Phi) is 2.39. The van der Waals surface area contributed by atoms with Crippen LogP contribution in [-0.4, -0.2) is 32.0 Å². The third-order valence-corrected chi connectivity index (χ3v) is 5.94. The zero-order valence-electron chi connectivity index (χ0n) is 8.91. The van der Waals surface area contributed by atoms with E-state index in [1.54, 1.807) is 0 Å². The third-order valence-electron chi connectivity index (χ3n) is 3.74. The van der Waals surface area contributed by atoms with Gasteiger partial charge in [-0.15, -0.1) is 0 Å². The highest BCUT2D eigenvalue weighted by Crippen LogP contribution is 2.39. The van der Waals surface area contributed by atoms with Gasteiger partial charge >= 0.3 is 0 Å². The van der Waals surface area contributed by atoms with Crippen molar-refractivity contribution in [3.8, 4) is 0 Å². The van der Waals surface area contributed by atoms with Crippen molar-refractivity contribution in [2.45, 2.75) is 44.4 Å². The van der Waals surface area contributed by atoms with Crippen LogP contribution in [0.4, 0.5) is 0 Å². The van der Waals surface area contributed by atoms with Gasteiger partial charge in [-0.25, -0.2) is 8.42 Å². The van der Waals surface area contributed by atoms with Gasteiger partial charge in [0, 0.05) is 12.6 Å². The molecule has 1 heterocycles. The molecule has 0 bridgehead atoms. The molecule has 0 amide bonds. The normalized spacial score (nSPS) is 40.1. The van der Waals surface area contributed by atoms with E-state index in [0.29, 0.717) is 12.3 Å². The molecule has 2 atom stereocenters. The van der Waals surface area contributed by atoms with Gasteiger partial charge < -0.3 is 5.32 Å². The van der Waals surface area contributed by atoms with Crippen LogP contribution in [0.1, 0.15) is 33.1 Å². The maximum Gasteiger partial charge on any atom is 0.155 e. The molecule has 82 valence electrons. The minimum Gasteiger partial charge on any atom is -0.311 e. The fraction of sp³-hybridized carbons (Fsp3) is 1.00. The summed E-state index contributed by atoms with van der Waals surface area (Å²) in [5.41, 5.74) is 0.135. The minimum absolute atomic E-state index is 0.125. The lowest BCUT2D eigenvalue weighted by atomic mass is 9.73. The van der Waals surface area contributed by atoms with Gasteiger partial charge in [0.05, 0.1) is 11.0 Å². The SMILES string of the molecule is CC1(C)CCCC2C1NCCS2(=O)=O. The second-order valence-corrected chi connectivity index (χ2v) is 7.56. The summed E-state index contributed by atoms with van der Waals surface area (Å²) < 4.78 is 23.7. The van der Waals surface area contributed by atoms with Crippen LogP contribution in [0.5, 0.6) is 0 Å². The highest BCUT2D eigenvalue weighted by atomic mass is 32.2. The van der Waals surface area contributed by atoms with Crippen molar-refractivity contribution in [2.24, 2.45) is 5.41 Å². The second kappa shape index (κ2) is 3.20. The lowest BCUT2D eigenvalue weighted by Gasteiger charge is -2.46. The van der Waals surface area contributed by atoms with Crippen molar-refractivity contribution in [1.29, 1.82) is 0 Å². The summed E-state index contributed by atoms with van der Waals surface area (Å²) in [6.07, 6.45) is 3.04. The number of hydrogen-bond donors (Lipinski definition) is 1. The van der Waals surface area contributed by atoms with E-state index < -0.39 is 9.84 Å². The molecule has 1 aliphatic heterocycles. The number of nitrogens with one attached hydrogen (secondary N) is 1.